The van der Waals surface area contributed by atoms with Gasteiger partial charge in [0, 0.05) is 13.1 Å². The maximum Gasteiger partial charge on any atom is 0.243 e. The van der Waals surface area contributed by atoms with Gasteiger partial charge in [-0.05, 0) is 60.9 Å². The van der Waals surface area contributed by atoms with Crippen molar-refractivity contribution in [2.45, 2.75) is 31.1 Å². The monoisotopic (exact) mass is 353 g/mol. The summed E-state index contributed by atoms with van der Waals surface area (Å²) >= 11 is 0. The smallest absolute Gasteiger partial charge is 0.207 e. The highest BCUT2D eigenvalue weighted by molar-refractivity contribution is 7.89. The second-order valence-corrected chi connectivity index (χ2v) is 8.95. The highest BCUT2D eigenvalue weighted by Gasteiger charge is 2.32. The van der Waals surface area contributed by atoms with E-state index in [0.717, 1.165) is 24.8 Å². The van der Waals surface area contributed by atoms with Gasteiger partial charge in [-0.15, -0.1) is 0 Å². The highest BCUT2D eigenvalue weighted by atomic mass is 32.2. The molecule has 1 aliphatic heterocycles. The second-order valence-electron chi connectivity index (χ2n) is 7.01. The van der Waals surface area contributed by atoms with Gasteiger partial charge in [0.1, 0.15) is 0 Å². The van der Waals surface area contributed by atoms with Crippen molar-refractivity contribution in [3.63, 3.8) is 0 Å². The van der Waals surface area contributed by atoms with Gasteiger partial charge in [0.05, 0.1) is 4.90 Å². The molecule has 130 valence electrons. The second kappa shape index (κ2) is 6.43. The number of piperidine rings is 1. The summed E-state index contributed by atoms with van der Waals surface area (Å²) in [4.78, 5) is 0.405. The fraction of sp³-hybridized carbons (Fsp3) is 0.333. The first-order valence-electron chi connectivity index (χ1n) is 8.91. The molecule has 1 aliphatic carbocycles. The van der Waals surface area contributed by atoms with E-state index in [0.29, 0.717) is 23.9 Å². The van der Waals surface area contributed by atoms with Crippen LogP contribution in [0.25, 0.3) is 5.57 Å². The van der Waals surface area contributed by atoms with Gasteiger partial charge in [0.2, 0.25) is 10.0 Å². The van der Waals surface area contributed by atoms with E-state index in [1.165, 1.54) is 16.7 Å². The third-order valence-electron chi connectivity index (χ3n) is 5.42. The molecule has 0 radical (unpaired) electrons. The van der Waals surface area contributed by atoms with Crippen LogP contribution in [-0.4, -0.2) is 25.8 Å². The van der Waals surface area contributed by atoms with Gasteiger partial charge < -0.3 is 0 Å². The van der Waals surface area contributed by atoms with Gasteiger partial charge in [-0.3, -0.25) is 0 Å². The van der Waals surface area contributed by atoms with Crippen LogP contribution in [0.15, 0.2) is 59.5 Å². The Morgan fingerprint density at radius 3 is 2.36 bits per heavy atom. The van der Waals surface area contributed by atoms with E-state index in [1.54, 1.807) is 16.4 Å². The normalized spacial score (nSPS) is 18.8. The molecule has 0 bridgehead atoms. The lowest BCUT2D eigenvalue weighted by molar-refractivity contribution is 0.311. The van der Waals surface area contributed by atoms with Gasteiger partial charge in [0.25, 0.3) is 0 Å². The first-order valence-corrected chi connectivity index (χ1v) is 10.3. The Labute approximate surface area is 150 Å². The summed E-state index contributed by atoms with van der Waals surface area (Å²) in [5.41, 5.74) is 5.25. The van der Waals surface area contributed by atoms with Crippen LogP contribution in [0.3, 0.4) is 0 Å². The minimum Gasteiger partial charge on any atom is -0.207 e. The molecule has 25 heavy (non-hydrogen) atoms. The molecule has 0 aromatic heterocycles. The molecule has 2 aromatic carbocycles. The SMILES string of the molecule is Cc1ccc(S(=O)(=O)N2CCC(C3=CCc4ccccc43)CC2)cc1. The third kappa shape index (κ3) is 3.05. The Morgan fingerprint density at radius 2 is 1.64 bits per heavy atom. The zero-order valence-electron chi connectivity index (χ0n) is 14.5. The van der Waals surface area contributed by atoms with E-state index in [9.17, 15) is 8.42 Å². The van der Waals surface area contributed by atoms with Crippen LogP contribution in [-0.2, 0) is 16.4 Å². The summed E-state index contributed by atoms with van der Waals surface area (Å²) < 4.78 is 27.3. The number of fused-ring (bicyclic) bond motifs is 1. The molecule has 0 atom stereocenters. The predicted molar refractivity (Wildman–Crippen MR) is 101 cm³/mol. The van der Waals surface area contributed by atoms with Crippen molar-refractivity contribution < 1.29 is 8.42 Å². The summed E-state index contributed by atoms with van der Waals surface area (Å²) in [6.07, 6.45) is 5.13. The van der Waals surface area contributed by atoms with E-state index < -0.39 is 10.0 Å². The van der Waals surface area contributed by atoms with Crippen LogP contribution in [0.5, 0.6) is 0 Å². The number of hydrogen-bond donors (Lipinski definition) is 0. The van der Waals surface area contributed by atoms with Crippen molar-refractivity contribution >= 4 is 15.6 Å². The first-order chi connectivity index (χ1) is 12.1. The molecule has 4 rings (SSSR count). The fourth-order valence-corrected chi connectivity index (χ4v) is 5.43. The Morgan fingerprint density at radius 1 is 0.960 bits per heavy atom. The zero-order valence-corrected chi connectivity index (χ0v) is 15.3. The Hall–Kier alpha value is -1.91. The maximum absolute atomic E-state index is 12.8. The van der Waals surface area contributed by atoms with Crippen LogP contribution in [0.1, 0.15) is 29.5 Å². The molecule has 0 spiro atoms. The molecule has 3 nitrogen and oxygen atoms in total. The minimum absolute atomic E-state index is 0.405. The lowest BCUT2D eigenvalue weighted by Crippen LogP contribution is -2.38. The molecule has 1 heterocycles. The molecular formula is C21H23NO2S. The minimum atomic E-state index is -3.37. The van der Waals surface area contributed by atoms with Crippen molar-refractivity contribution in [2.75, 3.05) is 13.1 Å². The Bertz CT molecular complexity index is 905. The highest BCUT2D eigenvalue weighted by Crippen LogP contribution is 2.38. The zero-order chi connectivity index (χ0) is 17.4. The number of allylic oxidation sites excluding steroid dienone is 2. The summed E-state index contributed by atoms with van der Waals surface area (Å²) in [5, 5.41) is 0. The predicted octanol–water partition coefficient (Wildman–Crippen LogP) is 4.04. The maximum atomic E-state index is 12.8. The number of benzene rings is 2. The Kier molecular flexibility index (Phi) is 4.26. The van der Waals surface area contributed by atoms with Gasteiger partial charge in [0.15, 0.2) is 0 Å². The van der Waals surface area contributed by atoms with Gasteiger partial charge >= 0.3 is 0 Å². The van der Waals surface area contributed by atoms with Crippen LogP contribution in [0.4, 0.5) is 0 Å². The molecular weight excluding hydrogens is 330 g/mol. The van der Waals surface area contributed by atoms with Gasteiger partial charge in [-0.2, -0.15) is 4.31 Å². The third-order valence-corrected chi connectivity index (χ3v) is 7.34. The largest absolute Gasteiger partial charge is 0.243 e. The number of nitrogens with zero attached hydrogens (tertiary/aromatic N) is 1. The lowest BCUT2D eigenvalue weighted by atomic mass is 9.87. The quantitative estimate of drug-likeness (QED) is 0.835. The summed E-state index contributed by atoms with van der Waals surface area (Å²) in [5.74, 6) is 0.466. The molecule has 2 aliphatic rings. The van der Waals surface area contributed by atoms with Crippen LogP contribution in [0, 0.1) is 12.8 Å². The molecule has 2 aromatic rings. The summed E-state index contributed by atoms with van der Waals surface area (Å²) in [6.45, 7) is 3.16. The first kappa shape index (κ1) is 16.6. The van der Waals surface area contributed by atoms with Crippen molar-refractivity contribution in [3.8, 4) is 0 Å². The topological polar surface area (TPSA) is 37.4 Å². The van der Waals surface area contributed by atoms with E-state index in [1.807, 2.05) is 19.1 Å². The standard InChI is InChI=1S/C21H23NO2S/c1-16-6-9-19(10-7-16)25(23,24)22-14-12-18(13-15-22)21-11-8-17-4-2-3-5-20(17)21/h2-7,9-11,18H,8,12-15H2,1H3. The van der Waals surface area contributed by atoms with Crippen molar-refractivity contribution in [3.05, 3.63) is 71.3 Å². The summed E-state index contributed by atoms with van der Waals surface area (Å²) in [7, 11) is -3.37. The molecule has 0 unspecified atom stereocenters. The number of hydrogen-bond acceptors (Lipinski definition) is 2. The lowest BCUT2D eigenvalue weighted by Gasteiger charge is -2.32. The van der Waals surface area contributed by atoms with Crippen LogP contribution < -0.4 is 0 Å². The van der Waals surface area contributed by atoms with Gasteiger partial charge in [-0.1, -0.05) is 48.0 Å². The fourth-order valence-electron chi connectivity index (χ4n) is 3.96. The van der Waals surface area contributed by atoms with E-state index >= 15 is 0 Å². The van der Waals surface area contributed by atoms with E-state index in [2.05, 4.69) is 30.3 Å². The molecule has 4 heteroatoms. The van der Waals surface area contributed by atoms with Crippen molar-refractivity contribution in [2.24, 2.45) is 5.92 Å². The van der Waals surface area contributed by atoms with E-state index in [-0.39, 0.29) is 0 Å². The molecule has 1 fully saturated rings. The van der Waals surface area contributed by atoms with Crippen molar-refractivity contribution in [1.82, 2.24) is 4.31 Å². The van der Waals surface area contributed by atoms with Crippen LogP contribution in [0.2, 0.25) is 0 Å². The van der Waals surface area contributed by atoms with Gasteiger partial charge in [-0.25, -0.2) is 8.42 Å². The summed E-state index contributed by atoms with van der Waals surface area (Å²) in [6, 6.07) is 15.7. The Balaban J connectivity index is 1.48. The average molecular weight is 353 g/mol. The number of sulfonamides is 1. The average Bonchev–Trinajstić information content (AvgIpc) is 3.06. The van der Waals surface area contributed by atoms with E-state index in [4.69, 9.17) is 0 Å². The molecule has 0 amide bonds. The molecule has 1 saturated heterocycles. The number of rotatable bonds is 3. The van der Waals surface area contributed by atoms with Crippen LogP contribution >= 0.6 is 0 Å². The van der Waals surface area contributed by atoms with Crippen molar-refractivity contribution in [1.29, 1.82) is 0 Å². The molecule has 0 N–H and O–H groups in total. The molecule has 0 saturated carbocycles. The number of aryl methyl sites for hydroxylation is 1.